The highest BCUT2D eigenvalue weighted by Gasteiger charge is 2.21. The fourth-order valence-electron chi connectivity index (χ4n) is 3.72. The first-order valence-electron chi connectivity index (χ1n) is 10.5. The molecule has 9 heteroatoms. The fraction of sp³-hybridized carbons (Fsp3) is 0.304. The molecule has 7 nitrogen and oxygen atoms in total. The third kappa shape index (κ3) is 5.13. The highest BCUT2D eigenvalue weighted by Crippen LogP contribution is 2.23. The Labute approximate surface area is 190 Å². The molecule has 1 aliphatic rings. The van der Waals surface area contributed by atoms with Crippen LogP contribution in [-0.2, 0) is 11.3 Å². The topological polar surface area (TPSA) is 71.3 Å². The van der Waals surface area contributed by atoms with Gasteiger partial charge in [0.25, 0.3) is 5.56 Å². The lowest BCUT2D eigenvalue weighted by Gasteiger charge is -2.36. The maximum Gasteiger partial charge on any atom is 0.266 e. The van der Waals surface area contributed by atoms with Crippen LogP contribution in [0.1, 0.15) is 12.8 Å². The van der Waals surface area contributed by atoms with Crippen LogP contribution in [0.5, 0.6) is 0 Å². The van der Waals surface area contributed by atoms with Crippen molar-refractivity contribution in [3.05, 3.63) is 76.1 Å². The van der Waals surface area contributed by atoms with E-state index in [2.05, 4.69) is 15.0 Å². The molecule has 1 aromatic carbocycles. The average molecular weight is 456 g/mol. The van der Waals surface area contributed by atoms with E-state index in [-0.39, 0.29) is 16.5 Å². The summed E-state index contributed by atoms with van der Waals surface area (Å²) in [5.41, 5.74) is 2.23. The Bertz CT molecular complexity index is 1150. The van der Waals surface area contributed by atoms with Crippen molar-refractivity contribution in [2.45, 2.75) is 19.4 Å². The number of rotatable bonds is 6. The molecule has 0 saturated carbocycles. The predicted molar refractivity (Wildman–Crippen MR) is 121 cm³/mol. The normalized spacial score (nSPS) is 13.9. The Hall–Kier alpha value is -3.26. The summed E-state index contributed by atoms with van der Waals surface area (Å²) in [6.45, 7) is 2.86. The molecule has 0 radical (unpaired) electrons. The Kier molecular flexibility index (Phi) is 6.80. The second-order valence-electron chi connectivity index (χ2n) is 7.59. The van der Waals surface area contributed by atoms with Crippen LogP contribution in [0.2, 0.25) is 5.02 Å². The van der Waals surface area contributed by atoms with E-state index in [0.717, 1.165) is 11.3 Å². The molecular formula is C23H23ClFN5O2. The van der Waals surface area contributed by atoms with Crippen molar-refractivity contribution in [2.75, 3.05) is 31.1 Å². The summed E-state index contributed by atoms with van der Waals surface area (Å²) in [5, 5.41) is 4.51. The standard InChI is InChI=1S/C23H23ClFN5O2/c24-19-16-18(3-4-20(19)25)28-12-14-29(15-13-28)22(31)2-1-11-30-23(32)6-5-21(27-30)17-7-9-26-10-8-17/h3-10,16H,1-2,11-15H2. The largest absolute Gasteiger partial charge is 0.368 e. The van der Waals surface area contributed by atoms with Crippen LogP contribution in [-0.4, -0.2) is 51.8 Å². The van der Waals surface area contributed by atoms with Crippen LogP contribution in [0.4, 0.5) is 10.1 Å². The zero-order valence-electron chi connectivity index (χ0n) is 17.5. The van der Waals surface area contributed by atoms with E-state index in [1.165, 1.54) is 16.8 Å². The summed E-state index contributed by atoms with van der Waals surface area (Å²) < 4.78 is 14.8. The Balaban J connectivity index is 1.29. The lowest BCUT2D eigenvalue weighted by atomic mass is 10.2. The first-order chi connectivity index (χ1) is 15.5. The molecule has 0 spiro atoms. The molecule has 166 valence electrons. The number of nitrogens with zero attached hydrogens (tertiary/aromatic N) is 5. The Morgan fingerprint density at radius 1 is 1.03 bits per heavy atom. The van der Waals surface area contributed by atoms with Gasteiger partial charge in [-0.1, -0.05) is 11.6 Å². The molecule has 0 atom stereocenters. The molecule has 1 amide bonds. The summed E-state index contributed by atoms with van der Waals surface area (Å²) in [6.07, 6.45) is 4.22. The Morgan fingerprint density at radius 3 is 2.50 bits per heavy atom. The number of halogens is 2. The van der Waals surface area contributed by atoms with Crippen molar-refractivity contribution >= 4 is 23.2 Å². The van der Waals surface area contributed by atoms with E-state index in [0.29, 0.717) is 51.3 Å². The number of carbonyl (C=O) groups excluding carboxylic acids is 1. The number of carbonyl (C=O) groups is 1. The third-order valence-corrected chi connectivity index (χ3v) is 5.79. The monoisotopic (exact) mass is 455 g/mol. The lowest BCUT2D eigenvalue weighted by molar-refractivity contribution is -0.131. The first-order valence-corrected chi connectivity index (χ1v) is 10.9. The number of aromatic nitrogens is 3. The molecule has 0 bridgehead atoms. The molecular weight excluding hydrogens is 433 g/mol. The molecule has 1 saturated heterocycles. The van der Waals surface area contributed by atoms with Crippen LogP contribution in [0.15, 0.2) is 59.7 Å². The van der Waals surface area contributed by atoms with Gasteiger partial charge in [-0.3, -0.25) is 14.6 Å². The smallest absolute Gasteiger partial charge is 0.266 e. The number of amides is 1. The molecule has 0 unspecified atom stereocenters. The number of aryl methyl sites for hydroxylation is 1. The molecule has 2 aromatic heterocycles. The quantitative estimate of drug-likeness (QED) is 0.570. The van der Waals surface area contributed by atoms with Crippen LogP contribution in [0.3, 0.4) is 0 Å². The first kappa shape index (κ1) is 22.0. The van der Waals surface area contributed by atoms with E-state index >= 15 is 0 Å². The summed E-state index contributed by atoms with van der Waals surface area (Å²) in [6, 6.07) is 11.5. The van der Waals surface area contributed by atoms with Gasteiger partial charge in [0.1, 0.15) is 5.82 Å². The molecule has 0 aliphatic carbocycles. The van der Waals surface area contributed by atoms with E-state index < -0.39 is 5.82 Å². The minimum atomic E-state index is -0.441. The number of anilines is 1. The van der Waals surface area contributed by atoms with Crippen molar-refractivity contribution in [2.24, 2.45) is 0 Å². The van der Waals surface area contributed by atoms with E-state index in [1.54, 1.807) is 30.6 Å². The molecule has 4 rings (SSSR count). The second-order valence-corrected chi connectivity index (χ2v) is 7.99. The number of piperazine rings is 1. The molecule has 32 heavy (non-hydrogen) atoms. The van der Waals surface area contributed by atoms with Gasteiger partial charge >= 0.3 is 0 Å². The zero-order valence-corrected chi connectivity index (χ0v) is 18.2. The molecule has 3 heterocycles. The van der Waals surface area contributed by atoms with Crippen molar-refractivity contribution in [3.63, 3.8) is 0 Å². The van der Waals surface area contributed by atoms with E-state index in [4.69, 9.17) is 11.6 Å². The van der Waals surface area contributed by atoms with Gasteiger partial charge in [-0.25, -0.2) is 9.07 Å². The zero-order chi connectivity index (χ0) is 22.5. The summed E-state index contributed by atoms with van der Waals surface area (Å²) in [4.78, 5) is 32.7. The van der Waals surface area contributed by atoms with Crippen LogP contribution in [0.25, 0.3) is 11.3 Å². The Morgan fingerprint density at radius 2 is 1.78 bits per heavy atom. The minimum Gasteiger partial charge on any atom is -0.368 e. The average Bonchev–Trinajstić information content (AvgIpc) is 2.82. The van der Waals surface area contributed by atoms with Gasteiger partial charge in [-0.05, 0) is 42.8 Å². The van der Waals surface area contributed by atoms with Crippen LogP contribution < -0.4 is 10.5 Å². The fourth-order valence-corrected chi connectivity index (χ4v) is 3.89. The highest BCUT2D eigenvalue weighted by atomic mass is 35.5. The number of benzene rings is 1. The molecule has 0 N–H and O–H groups in total. The van der Waals surface area contributed by atoms with Gasteiger partial charge < -0.3 is 9.80 Å². The van der Waals surface area contributed by atoms with E-state index in [9.17, 15) is 14.0 Å². The van der Waals surface area contributed by atoms with Crippen molar-refractivity contribution < 1.29 is 9.18 Å². The molecule has 1 aliphatic heterocycles. The molecule has 3 aromatic rings. The van der Waals surface area contributed by atoms with Crippen molar-refractivity contribution in [3.8, 4) is 11.3 Å². The summed E-state index contributed by atoms with van der Waals surface area (Å²) in [5.74, 6) is -0.385. The molecule has 1 fully saturated rings. The van der Waals surface area contributed by atoms with Crippen molar-refractivity contribution in [1.29, 1.82) is 0 Å². The maximum atomic E-state index is 13.4. The van der Waals surface area contributed by atoms with Gasteiger partial charge in [0, 0.05) is 68.9 Å². The van der Waals surface area contributed by atoms with E-state index in [1.807, 2.05) is 17.0 Å². The minimum absolute atomic E-state index is 0.0557. The SMILES string of the molecule is O=C(CCCn1nc(-c2ccncc2)ccc1=O)N1CCN(c2ccc(F)c(Cl)c2)CC1. The van der Waals surface area contributed by atoms with Gasteiger partial charge in [0.05, 0.1) is 10.7 Å². The highest BCUT2D eigenvalue weighted by molar-refractivity contribution is 6.31. The predicted octanol–water partition coefficient (Wildman–Crippen LogP) is 3.23. The number of hydrogen-bond donors (Lipinski definition) is 0. The second kappa shape index (κ2) is 9.91. The van der Waals surface area contributed by atoms with Gasteiger partial charge in [0.15, 0.2) is 0 Å². The van der Waals surface area contributed by atoms with Gasteiger partial charge in [-0.15, -0.1) is 0 Å². The van der Waals surface area contributed by atoms with Crippen molar-refractivity contribution in [1.82, 2.24) is 19.7 Å². The van der Waals surface area contributed by atoms with Gasteiger partial charge in [0.2, 0.25) is 5.91 Å². The van der Waals surface area contributed by atoms with Crippen LogP contribution in [0, 0.1) is 5.82 Å². The maximum absolute atomic E-state index is 13.4. The summed E-state index contributed by atoms with van der Waals surface area (Å²) in [7, 11) is 0. The summed E-state index contributed by atoms with van der Waals surface area (Å²) >= 11 is 5.88. The third-order valence-electron chi connectivity index (χ3n) is 5.50. The number of pyridine rings is 1. The van der Waals surface area contributed by atoms with Gasteiger partial charge in [-0.2, -0.15) is 5.10 Å². The lowest BCUT2D eigenvalue weighted by Crippen LogP contribution is -2.48. The number of hydrogen-bond acceptors (Lipinski definition) is 5. The van der Waals surface area contributed by atoms with Crippen LogP contribution >= 0.6 is 11.6 Å².